The van der Waals surface area contributed by atoms with E-state index < -0.39 is 0 Å². The van der Waals surface area contributed by atoms with Gasteiger partial charge in [0.15, 0.2) is 5.65 Å². The molecule has 0 atom stereocenters. The molecule has 0 radical (unpaired) electrons. The smallest absolute Gasteiger partial charge is 0.161 e. The number of hydrogen-bond acceptors (Lipinski definition) is 7. The van der Waals surface area contributed by atoms with Crippen molar-refractivity contribution in [3.8, 4) is 11.4 Å². The van der Waals surface area contributed by atoms with Crippen LogP contribution in [0, 0.1) is 0 Å². The van der Waals surface area contributed by atoms with Crippen molar-refractivity contribution in [3.05, 3.63) is 42.7 Å². The molecule has 7 rings (SSSR count). The number of anilines is 3. The summed E-state index contributed by atoms with van der Waals surface area (Å²) in [6.45, 7) is 1.42. The van der Waals surface area contributed by atoms with E-state index in [1.165, 1.54) is 12.8 Å². The number of fused-ring (bicyclic) bond motifs is 2. The van der Waals surface area contributed by atoms with Crippen molar-refractivity contribution in [2.75, 3.05) is 23.8 Å². The summed E-state index contributed by atoms with van der Waals surface area (Å²) in [5, 5.41) is 18.2. The highest BCUT2D eigenvalue weighted by Crippen LogP contribution is 2.38. The topological polar surface area (TPSA) is 99.6 Å². The Bertz CT molecular complexity index is 1540. The Kier molecular flexibility index (Phi) is 4.19. The fraction of sp³-hybridized carbons (Fsp3) is 0.333. The van der Waals surface area contributed by atoms with Gasteiger partial charge in [-0.1, -0.05) is 0 Å². The quantitative estimate of drug-likeness (QED) is 0.403. The Hall–Kier alpha value is -3.92. The maximum Gasteiger partial charge on any atom is 0.161 e. The molecule has 1 saturated carbocycles. The highest BCUT2D eigenvalue weighted by Gasteiger charge is 2.25. The molecule has 2 fully saturated rings. The van der Waals surface area contributed by atoms with Crippen molar-refractivity contribution in [3.63, 3.8) is 0 Å². The third-order valence-corrected chi connectivity index (χ3v) is 6.61. The van der Waals surface area contributed by atoms with Crippen LogP contribution in [0.3, 0.4) is 0 Å². The molecular formula is C24H25N9O. The van der Waals surface area contributed by atoms with Crippen LogP contribution in [0.4, 0.5) is 17.3 Å². The Balaban J connectivity index is 1.23. The van der Waals surface area contributed by atoms with Crippen molar-refractivity contribution in [2.24, 2.45) is 14.1 Å². The molecule has 172 valence electrons. The van der Waals surface area contributed by atoms with Crippen LogP contribution in [0.25, 0.3) is 33.5 Å². The average Bonchev–Trinajstić information content (AvgIpc) is 3.30. The van der Waals surface area contributed by atoms with Crippen molar-refractivity contribution in [1.29, 1.82) is 0 Å². The molecule has 0 unspecified atom stereocenters. The fourth-order valence-corrected chi connectivity index (χ4v) is 4.49. The van der Waals surface area contributed by atoms with E-state index >= 15 is 0 Å². The summed E-state index contributed by atoms with van der Waals surface area (Å²) < 4.78 is 11.2. The summed E-state index contributed by atoms with van der Waals surface area (Å²) in [5.41, 5.74) is 4.51. The first-order chi connectivity index (χ1) is 16.6. The first kappa shape index (κ1) is 19.5. The Labute approximate surface area is 195 Å². The van der Waals surface area contributed by atoms with E-state index in [0.29, 0.717) is 25.3 Å². The van der Waals surface area contributed by atoms with E-state index in [1.54, 1.807) is 4.68 Å². The first-order valence-electron chi connectivity index (χ1n) is 11.6. The molecule has 1 saturated heterocycles. The first-order valence-corrected chi connectivity index (χ1v) is 11.6. The minimum Gasteiger partial charge on any atom is -0.377 e. The van der Waals surface area contributed by atoms with Crippen LogP contribution in [0.2, 0.25) is 0 Å². The molecule has 34 heavy (non-hydrogen) atoms. The molecule has 2 N–H and O–H groups in total. The fourth-order valence-electron chi connectivity index (χ4n) is 4.49. The molecule has 5 aromatic rings. The van der Waals surface area contributed by atoms with E-state index in [9.17, 15) is 0 Å². The number of aryl methyl sites for hydroxylation is 2. The molecule has 1 aliphatic heterocycles. The number of pyridine rings is 2. The summed E-state index contributed by atoms with van der Waals surface area (Å²) in [6.07, 6.45) is 6.44. The Morgan fingerprint density at radius 1 is 0.971 bits per heavy atom. The Morgan fingerprint density at radius 3 is 2.65 bits per heavy atom. The second-order valence-electron chi connectivity index (χ2n) is 9.17. The van der Waals surface area contributed by atoms with Gasteiger partial charge in [-0.05, 0) is 31.0 Å². The van der Waals surface area contributed by atoms with Gasteiger partial charge in [-0.15, -0.1) is 0 Å². The van der Waals surface area contributed by atoms with Gasteiger partial charge in [0.2, 0.25) is 0 Å². The highest BCUT2D eigenvalue weighted by atomic mass is 16.5. The van der Waals surface area contributed by atoms with E-state index in [-0.39, 0.29) is 0 Å². The normalized spacial score (nSPS) is 16.3. The third-order valence-electron chi connectivity index (χ3n) is 6.61. The van der Waals surface area contributed by atoms with Gasteiger partial charge < -0.3 is 19.9 Å². The van der Waals surface area contributed by atoms with Crippen LogP contribution < -0.4 is 10.6 Å². The van der Waals surface area contributed by atoms with E-state index in [2.05, 4.69) is 38.6 Å². The van der Waals surface area contributed by atoms with Crippen LogP contribution in [-0.4, -0.2) is 53.4 Å². The van der Waals surface area contributed by atoms with Crippen LogP contribution in [0.5, 0.6) is 0 Å². The van der Waals surface area contributed by atoms with Gasteiger partial charge in [0.1, 0.15) is 23.0 Å². The molecule has 10 nitrogen and oxygen atoms in total. The minimum absolute atomic E-state index is 0.303. The number of nitrogens with one attached hydrogen (secondary N) is 2. The third kappa shape index (κ3) is 3.21. The molecule has 10 heteroatoms. The van der Waals surface area contributed by atoms with Gasteiger partial charge in [-0.2, -0.15) is 10.2 Å². The zero-order chi connectivity index (χ0) is 22.8. The predicted octanol–water partition coefficient (Wildman–Crippen LogP) is 3.61. The molecule has 5 aromatic heterocycles. The van der Waals surface area contributed by atoms with Gasteiger partial charge in [0.25, 0.3) is 0 Å². The largest absolute Gasteiger partial charge is 0.377 e. The summed E-state index contributed by atoms with van der Waals surface area (Å²) in [4.78, 5) is 9.74. The lowest BCUT2D eigenvalue weighted by molar-refractivity contribution is 0.0211. The lowest BCUT2D eigenvalue weighted by atomic mass is 10.2. The van der Waals surface area contributed by atoms with Gasteiger partial charge in [-0.25, -0.2) is 9.97 Å². The standard InChI is InChI=1S/C24H25N9O/c1-31-22(10-20(30-31)18-6-3-14-7-8-33(16-4-5-16)23(14)27-18)28-21-9-19(26-15-12-34-13-15)17-11-25-32(2)24(17)29-21/h3,6-11,15-16H,4-5,12-13H2,1-2H3,(H2,26,28,29). The van der Waals surface area contributed by atoms with Crippen LogP contribution >= 0.6 is 0 Å². The molecule has 0 bridgehead atoms. The summed E-state index contributed by atoms with van der Waals surface area (Å²) >= 11 is 0. The van der Waals surface area contributed by atoms with Crippen LogP contribution in [-0.2, 0) is 18.8 Å². The number of hydrogen-bond donors (Lipinski definition) is 2. The van der Waals surface area contributed by atoms with Crippen LogP contribution in [0.15, 0.2) is 42.7 Å². The molecule has 6 heterocycles. The Morgan fingerprint density at radius 2 is 1.85 bits per heavy atom. The van der Waals surface area contributed by atoms with E-state index in [1.807, 2.05) is 43.2 Å². The van der Waals surface area contributed by atoms with Crippen molar-refractivity contribution in [1.82, 2.24) is 34.1 Å². The lowest BCUT2D eigenvalue weighted by Crippen LogP contribution is -2.40. The van der Waals surface area contributed by atoms with Gasteiger partial charge >= 0.3 is 0 Å². The number of aromatic nitrogens is 7. The van der Waals surface area contributed by atoms with Gasteiger partial charge in [0, 0.05) is 43.9 Å². The summed E-state index contributed by atoms with van der Waals surface area (Å²) in [6, 6.07) is 11.2. The van der Waals surface area contributed by atoms with Gasteiger partial charge in [-0.3, -0.25) is 9.36 Å². The lowest BCUT2D eigenvalue weighted by Gasteiger charge is -2.28. The molecule has 0 spiro atoms. The zero-order valence-electron chi connectivity index (χ0n) is 19.1. The molecule has 1 aliphatic carbocycles. The highest BCUT2D eigenvalue weighted by molar-refractivity contribution is 5.91. The summed E-state index contributed by atoms with van der Waals surface area (Å²) in [5.74, 6) is 1.56. The van der Waals surface area contributed by atoms with E-state index in [4.69, 9.17) is 19.8 Å². The number of rotatable bonds is 6. The zero-order valence-corrected chi connectivity index (χ0v) is 19.1. The van der Waals surface area contributed by atoms with Crippen molar-refractivity contribution < 1.29 is 4.74 Å². The molecular weight excluding hydrogens is 430 g/mol. The van der Waals surface area contributed by atoms with Crippen molar-refractivity contribution in [2.45, 2.75) is 24.9 Å². The van der Waals surface area contributed by atoms with E-state index in [0.717, 1.165) is 50.8 Å². The molecule has 0 amide bonds. The predicted molar refractivity (Wildman–Crippen MR) is 130 cm³/mol. The SMILES string of the molecule is Cn1nc(-c2ccc3ccn(C4CC4)c3n2)cc1Nc1cc(NC2COC2)c2cnn(C)c2n1. The van der Waals surface area contributed by atoms with Gasteiger partial charge in [0.05, 0.1) is 42.2 Å². The second kappa shape index (κ2) is 7.29. The number of ether oxygens (including phenoxy) is 1. The minimum atomic E-state index is 0.303. The summed E-state index contributed by atoms with van der Waals surface area (Å²) in [7, 11) is 3.82. The van der Waals surface area contributed by atoms with Crippen molar-refractivity contribution >= 4 is 39.4 Å². The monoisotopic (exact) mass is 455 g/mol. The maximum atomic E-state index is 5.32. The molecule has 0 aromatic carbocycles. The van der Waals surface area contributed by atoms with Crippen LogP contribution in [0.1, 0.15) is 18.9 Å². The molecule has 2 aliphatic rings. The average molecular weight is 456 g/mol. The maximum absolute atomic E-state index is 5.32. The number of nitrogens with zero attached hydrogens (tertiary/aromatic N) is 7. The second-order valence-corrected chi connectivity index (χ2v) is 9.17.